The molecule has 0 unspecified atom stereocenters. The van der Waals surface area contributed by atoms with Gasteiger partial charge in [-0.3, -0.25) is 9.69 Å². The molecular weight excluding hydrogens is 523 g/mol. The smallest absolute Gasteiger partial charge is 0.362 e. The van der Waals surface area contributed by atoms with Gasteiger partial charge >= 0.3 is 6.18 Å². The molecule has 1 N–H and O–H groups in total. The second kappa shape index (κ2) is 10.5. The summed E-state index contributed by atoms with van der Waals surface area (Å²) in [5.74, 6) is -0.159. The summed E-state index contributed by atoms with van der Waals surface area (Å²) in [6, 6.07) is 21.9. The topological polar surface area (TPSA) is 53.4 Å². The molecule has 2 aliphatic rings. The van der Waals surface area contributed by atoms with Crippen LogP contribution < -0.4 is 5.32 Å². The molecule has 2 aromatic carbocycles. The number of hydrogen-bond donors (Lipinski definition) is 1. The van der Waals surface area contributed by atoms with Crippen molar-refractivity contribution >= 4 is 23.1 Å². The fraction of sp³-hybridized carbons (Fsp3) is 0.310. The van der Waals surface area contributed by atoms with Crippen molar-refractivity contribution in [2.45, 2.75) is 30.7 Å². The van der Waals surface area contributed by atoms with Crippen LogP contribution in [0, 0.1) is 0 Å². The summed E-state index contributed by atoms with van der Waals surface area (Å²) < 4.78 is 43.0. The maximum atomic E-state index is 14.0. The fourth-order valence-corrected chi connectivity index (χ4v) is 6.42. The molecule has 1 saturated heterocycles. The maximum Gasteiger partial charge on any atom is 0.410 e. The Hall–Kier alpha value is -3.63. The highest BCUT2D eigenvalue weighted by atomic mass is 32.1. The van der Waals surface area contributed by atoms with Crippen molar-refractivity contribution in [1.82, 2.24) is 19.6 Å². The SMILES string of the molecule is O=C(c1cnn2c1N[C@H](c1cccs1)C[C@H]2C(F)(F)F)N1CCN(C(c2ccccc2)c2ccccc2)CC1. The van der Waals surface area contributed by atoms with E-state index in [4.69, 9.17) is 0 Å². The lowest BCUT2D eigenvalue weighted by Gasteiger charge is -2.40. The Bertz CT molecular complexity index is 1360. The van der Waals surface area contributed by atoms with Crippen LogP contribution in [0.2, 0.25) is 0 Å². The van der Waals surface area contributed by atoms with Gasteiger partial charge in [-0.05, 0) is 22.6 Å². The minimum Gasteiger partial charge on any atom is -0.362 e. The Balaban J connectivity index is 1.22. The van der Waals surface area contributed by atoms with Gasteiger partial charge in [0.15, 0.2) is 6.04 Å². The lowest BCUT2D eigenvalue weighted by Crippen LogP contribution is -2.50. The second-order valence-electron chi connectivity index (χ2n) is 9.91. The quantitative estimate of drug-likeness (QED) is 0.323. The van der Waals surface area contributed by atoms with E-state index in [0.717, 1.165) is 9.56 Å². The largest absolute Gasteiger partial charge is 0.410 e. The molecule has 0 bridgehead atoms. The number of carbonyl (C=O) groups is 1. The van der Waals surface area contributed by atoms with E-state index in [2.05, 4.69) is 39.6 Å². The first-order valence-electron chi connectivity index (χ1n) is 13.0. The van der Waals surface area contributed by atoms with Crippen molar-refractivity contribution in [1.29, 1.82) is 0 Å². The number of nitrogens with one attached hydrogen (secondary N) is 1. The van der Waals surface area contributed by atoms with Gasteiger partial charge in [-0.15, -0.1) is 11.3 Å². The van der Waals surface area contributed by atoms with Gasteiger partial charge in [0.05, 0.1) is 18.3 Å². The molecule has 1 fully saturated rings. The number of anilines is 1. The summed E-state index contributed by atoms with van der Waals surface area (Å²) >= 11 is 1.40. The molecule has 0 saturated carbocycles. The molecule has 6 rings (SSSR count). The van der Waals surface area contributed by atoms with E-state index < -0.39 is 18.3 Å². The molecule has 0 radical (unpaired) electrons. The first kappa shape index (κ1) is 25.6. The van der Waals surface area contributed by atoms with Crippen molar-refractivity contribution in [2.24, 2.45) is 0 Å². The Morgan fingerprint density at radius 1 is 0.923 bits per heavy atom. The van der Waals surface area contributed by atoms with Crippen molar-refractivity contribution in [2.75, 3.05) is 31.5 Å². The summed E-state index contributed by atoms with van der Waals surface area (Å²) in [7, 11) is 0. The third-order valence-corrected chi connectivity index (χ3v) is 8.54. The van der Waals surface area contributed by atoms with Gasteiger partial charge in [-0.25, -0.2) is 4.68 Å². The maximum absolute atomic E-state index is 14.0. The van der Waals surface area contributed by atoms with E-state index in [-0.39, 0.29) is 29.8 Å². The minimum atomic E-state index is -4.48. The number of nitrogens with zero attached hydrogens (tertiary/aromatic N) is 4. The van der Waals surface area contributed by atoms with E-state index in [1.807, 2.05) is 53.9 Å². The highest BCUT2D eigenvalue weighted by molar-refractivity contribution is 7.10. The number of fused-ring (bicyclic) bond motifs is 1. The van der Waals surface area contributed by atoms with Gasteiger partial charge in [0.25, 0.3) is 5.91 Å². The average molecular weight is 552 g/mol. The number of halogens is 3. The molecule has 202 valence electrons. The van der Waals surface area contributed by atoms with E-state index in [1.165, 1.54) is 28.7 Å². The lowest BCUT2D eigenvalue weighted by atomic mass is 9.96. The van der Waals surface area contributed by atoms with Gasteiger partial charge in [-0.2, -0.15) is 18.3 Å². The molecule has 2 aliphatic heterocycles. The van der Waals surface area contributed by atoms with Gasteiger partial charge in [0.1, 0.15) is 11.4 Å². The molecule has 10 heteroatoms. The van der Waals surface area contributed by atoms with Crippen LogP contribution in [0.3, 0.4) is 0 Å². The fourth-order valence-electron chi connectivity index (χ4n) is 5.63. The van der Waals surface area contributed by atoms with Gasteiger partial charge in [0, 0.05) is 37.5 Å². The molecule has 4 aromatic rings. The highest BCUT2D eigenvalue weighted by Crippen LogP contribution is 2.45. The van der Waals surface area contributed by atoms with Gasteiger partial charge < -0.3 is 10.2 Å². The number of piperazine rings is 1. The second-order valence-corrected chi connectivity index (χ2v) is 10.9. The molecule has 1 amide bonds. The van der Waals surface area contributed by atoms with Crippen LogP contribution in [-0.2, 0) is 0 Å². The zero-order chi connectivity index (χ0) is 27.0. The normalized spacial score (nSPS) is 20.1. The van der Waals surface area contributed by atoms with Gasteiger partial charge in [0.2, 0.25) is 0 Å². The average Bonchev–Trinajstić information content (AvgIpc) is 3.64. The molecule has 4 heterocycles. The van der Waals surface area contributed by atoms with E-state index in [9.17, 15) is 18.0 Å². The Morgan fingerprint density at radius 2 is 1.56 bits per heavy atom. The van der Waals surface area contributed by atoms with Crippen LogP contribution in [0.15, 0.2) is 84.4 Å². The third-order valence-electron chi connectivity index (χ3n) is 7.55. The summed E-state index contributed by atoms with van der Waals surface area (Å²) in [6.45, 7) is 2.22. The first-order chi connectivity index (χ1) is 18.9. The number of alkyl halides is 3. The zero-order valence-corrected chi connectivity index (χ0v) is 21.9. The van der Waals surface area contributed by atoms with E-state index in [0.29, 0.717) is 26.2 Å². The van der Waals surface area contributed by atoms with Crippen LogP contribution >= 0.6 is 11.3 Å². The third kappa shape index (κ3) is 5.06. The molecule has 0 aliphatic carbocycles. The lowest BCUT2D eigenvalue weighted by molar-refractivity contribution is -0.173. The van der Waals surface area contributed by atoms with Crippen LogP contribution in [0.25, 0.3) is 0 Å². The number of hydrogen-bond acceptors (Lipinski definition) is 5. The zero-order valence-electron chi connectivity index (χ0n) is 21.1. The first-order valence-corrected chi connectivity index (χ1v) is 13.9. The van der Waals surface area contributed by atoms with Crippen molar-refractivity contribution in [3.05, 3.63) is 106 Å². The molecule has 39 heavy (non-hydrogen) atoms. The number of thiophene rings is 1. The number of amides is 1. The summed E-state index contributed by atoms with van der Waals surface area (Å²) in [6.07, 6.45) is -3.37. The molecule has 2 atom stereocenters. The minimum absolute atomic E-state index is 0.0503. The number of benzene rings is 2. The predicted octanol–water partition coefficient (Wildman–Crippen LogP) is 6.15. The van der Waals surface area contributed by atoms with Crippen LogP contribution in [-0.4, -0.2) is 57.8 Å². The molecule has 6 nitrogen and oxygen atoms in total. The Kier molecular flexibility index (Phi) is 6.90. The molecular formula is C29H28F3N5OS. The van der Waals surface area contributed by atoms with Crippen molar-refractivity contribution in [3.63, 3.8) is 0 Å². The number of carbonyl (C=O) groups excluding carboxylic acids is 1. The van der Waals surface area contributed by atoms with Crippen molar-refractivity contribution < 1.29 is 18.0 Å². The van der Waals surface area contributed by atoms with Crippen LogP contribution in [0.4, 0.5) is 19.0 Å². The number of aromatic nitrogens is 2. The summed E-state index contributed by atoms with van der Waals surface area (Å²) in [5.41, 5.74) is 2.54. The Labute approximate surface area is 228 Å². The highest BCUT2D eigenvalue weighted by Gasteiger charge is 2.47. The van der Waals surface area contributed by atoms with E-state index in [1.54, 1.807) is 4.90 Å². The Morgan fingerprint density at radius 3 is 2.13 bits per heavy atom. The summed E-state index contributed by atoms with van der Waals surface area (Å²) in [4.78, 5) is 18.5. The number of rotatable bonds is 5. The molecule has 2 aromatic heterocycles. The van der Waals surface area contributed by atoms with Crippen LogP contribution in [0.1, 0.15) is 50.9 Å². The standard InChI is InChI=1S/C29H28F3N5OS/c30-29(31,32)25-18-23(24-12-7-17-39-24)34-27-22(19-33-37(25)27)28(38)36-15-13-35(14-16-36)26(20-8-3-1-4-9-20)21-10-5-2-6-11-21/h1-12,17,19,23,25-26,34H,13-16,18H2/t23-,25-/m0/s1. The van der Waals surface area contributed by atoms with Crippen LogP contribution in [0.5, 0.6) is 0 Å². The van der Waals surface area contributed by atoms with Crippen molar-refractivity contribution in [3.8, 4) is 0 Å². The molecule has 0 spiro atoms. The monoisotopic (exact) mass is 551 g/mol. The van der Waals surface area contributed by atoms with E-state index >= 15 is 0 Å². The van der Waals surface area contributed by atoms with Gasteiger partial charge in [-0.1, -0.05) is 66.7 Å². The predicted molar refractivity (Wildman–Crippen MR) is 145 cm³/mol. The summed E-state index contributed by atoms with van der Waals surface area (Å²) in [5, 5.41) is 9.07.